The second kappa shape index (κ2) is 9.09. The summed E-state index contributed by atoms with van der Waals surface area (Å²) in [5.41, 5.74) is -0.456. The normalized spacial score (nSPS) is 20.2. The van der Waals surface area contributed by atoms with Crippen molar-refractivity contribution in [1.29, 1.82) is 0 Å². The smallest absolute Gasteiger partial charge is 0.319 e. The fourth-order valence-electron chi connectivity index (χ4n) is 3.72. The molecule has 1 aliphatic carbocycles. The number of carbonyl (C=O) groups excluding carboxylic acids is 1. The molecule has 13 heteroatoms. The first-order chi connectivity index (χ1) is 14.1. The molecular formula is C17H21BrN2O8S2. The highest BCUT2D eigenvalue weighted by molar-refractivity contribution is 9.10. The maximum absolute atomic E-state index is 12.5. The molecule has 1 aliphatic heterocycles. The molecule has 0 bridgehead atoms. The molecule has 0 aromatic heterocycles. The van der Waals surface area contributed by atoms with E-state index in [1.807, 2.05) is 0 Å². The summed E-state index contributed by atoms with van der Waals surface area (Å²) in [5.74, 6) is -1.23. The molecule has 0 radical (unpaired) electrons. The minimum absolute atomic E-state index is 0.120. The van der Waals surface area contributed by atoms with Gasteiger partial charge in [0.15, 0.2) is 5.79 Å². The van der Waals surface area contributed by atoms with Crippen molar-refractivity contribution in [2.24, 2.45) is 11.1 Å². The zero-order chi connectivity index (χ0) is 22.1. The van der Waals surface area contributed by atoms with Gasteiger partial charge in [-0.3, -0.25) is 14.9 Å². The van der Waals surface area contributed by atoms with Gasteiger partial charge in [0.2, 0.25) is 10.0 Å². The van der Waals surface area contributed by atoms with Crippen molar-refractivity contribution in [3.05, 3.63) is 26.7 Å². The van der Waals surface area contributed by atoms with Crippen LogP contribution in [0.1, 0.15) is 25.7 Å². The van der Waals surface area contributed by atoms with E-state index in [4.69, 9.17) is 19.3 Å². The molecule has 0 unspecified atom stereocenters. The van der Waals surface area contributed by atoms with Crippen LogP contribution in [0.15, 0.2) is 26.4 Å². The lowest BCUT2D eigenvalue weighted by molar-refractivity contribution is -0.388. The lowest BCUT2D eigenvalue weighted by atomic mass is 9.83. The van der Waals surface area contributed by atoms with Crippen LogP contribution >= 0.6 is 27.7 Å². The Morgan fingerprint density at radius 2 is 1.97 bits per heavy atom. The van der Waals surface area contributed by atoms with E-state index in [0.717, 1.165) is 17.8 Å². The van der Waals surface area contributed by atoms with Crippen LogP contribution in [0.25, 0.3) is 0 Å². The number of hydrogen-bond acceptors (Lipinski definition) is 9. The van der Waals surface area contributed by atoms with Gasteiger partial charge in [-0.1, -0.05) is 0 Å². The molecule has 1 aromatic carbocycles. The molecular weight excluding hydrogens is 504 g/mol. The van der Waals surface area contributed by atoms with Crippen molar-refractivity contribution in [1.82, 2.24) is 0 Å². The van der Waals surface area contributed by atoms with Crippen molar-refractivity contribution < 1.29 is 32.3 Å². The molecule has 1 saturated carbocycles. The van der Waals surface area contributed by atoms with E-state index in [1.54, 1.807) is 0 Å². The van der Waals surface area contributed by atoms with E-state index in [0.29, 0.717) is 38.9 Å². The summed E-state index contributed by atoms with van der Waals surface area (Å²) in [6.45, 7) is 1.07. The molecule has 0 amide bonds. The monoisotopic (exact) mass is 524 g/mol. The minimum Gasteiger partial charge on any atom is -0.468 e. The Bertz CT molecular complexity index is 939. The zero-order valence-corrected chi connectivity index (χ0v) is 19.3. The number of nitro benzene ring substituents is 1. The lowest BCUT2D eigenvalue weighted by Gasteiger charge is -2.37. The number of halogens is 1. The van der Waals surface area contributed by atoms with Gasteiger partial charge in [-0.05, 0) is 40.8 Å². The van der Waals surface area contributed by atoms with Crippen LogP contribution in [0.5, 0.6) is 0 Å². The number of esters is 1. The Morgan fingerprint density at radius 1 is 1.37 bits per heavy atom. The van der Waals surface area contributed by atoms with Gasteiger partial charge in [0.05, 0.1) is 30.1 Å². The van der Waals surface area contributed by atoms with Crippen LogP contribution in [0.4, 0.5) is 5.69 Å². The summed E-state index contributed by atoms with van der Waals surface area (Å²) in [6, 6.07) is 2.09. The van der Waals surface area contributed by atoms with Crippen LogP contribution in [0, 0.1) is 16.0 Å². The number of sulfonamides is 1. The van der Waals surface area contributed by atoms with Crippen LogP contribution in [0.3, 0.4) is 0 Å². The first kappa shape index (κ1) is 23.4. The van der Waals surface area contributed by atoms with Crippen molar-refractivity contribution in [3.8, 4) is 0 Å². The molecule has 1 atom stereocenters. The Balaban J connectivity index is 1.90. The zero-order valence-electron chi connectivity index (χ0n) is 16.0. The Morgan fingerprint density at radius 3 is 2.47 bits per heavy atom. The first-order valence-corrected chi connectivity index (χ1v) is 12.3. The number of carbonyl (C=O) groups is 1. The maximum Gasteiger partial charge on any atom is 0.319 e. The largest absolute Gasteiger partial charge is 0.468 e. The number of nitrogens with two attached hydrogens (primary N) is 1. The number of rotatable bonds is 6. The Hall–Kier alpha value is -1.25. The predicted octanol–water partition coefficient (Wildman–Crippen LogP) is 2.57. The van der Waals surface area contributed by atoms with Crippen LogP contribution < -0.4 is 5.14 Å². The van der Waals surface area contributed by atoms with Gasteiger partial charge in [-0.25, -0.2) is 13.6 Å². The van der Waals surface area contributed by atoms with Gasteiger partial charge in [0.1, 0.15) is 10.1 Å². The molecule has 30 heavy (non-hydrogen) atoms. The number of thioether (sulfide) groups is 1. The lowest BCUT2D eigenvalue weighted by Crippen LogP contribution is -2.39. The summed E-state index contributed by atoms with van der Waals surface area (Å²) >= 11 is 4.17. The van der Waals surface area contributed by atoms with Crippen molar-refractivity contribution in [2.45, 2.75) is 46.5 Å². The summed E-state index contributed by atoms with van der Waals surface area (Å²) in [6.07, 6.45) is 2.46. The van der Waals surface area contributed by atoms with E-state index < -0.39 is 42.5 Å². The van der Waals surface area contributed by atoms with Gasteiger partial charge in [0, 0.05) is 23.4 Å². The van der Waals surface area contributed by atoms with Gasteiger partial charge in [-0.15, -0.1) is 11.8 Å². The molecule has 2 N–H and O–H groups in total. The highest BCUT2D eigenvalue weighted by Crippen LogP contribution is 2.47. The third-order valence-corrected chi connectivity index (χ3v) is 8.51. The van der Waals surface area contributed by atoms with Crippen LogP contribution in [-0.4, -0.2) is 50.7 Å². The molecule has 1 heterocycles. The highest BCUT2D eigenvalue weighted by Gasteiger charge is 2.44. The number of nitrogens with zero attached hydrogens (tertiary/aromatic N) is 1. The van der Waals surface area contributed by atoms with Gasteiger partial charge < -0.3 is 14.2 Å². The summed E-state index contributed by atoms with van der Waals surface area (Å²) in [4.78, 5) is 23.2. The molecule has 166 valence electrons. The number of benzene rings is 1. The average Bonchev–Trinajstić information content (AvgIpc) is 3.14. The molecule has 10 nitrogen and oxygen atoms in total. The van der Waals surface area contributed by atoms with E-state index in [2.05, 4.69) is 15.9 Å². The standard InChI is InChI=1S/C17H21BrN2O8S2/c1-26-16(21)14(10-2-4-17(5-3-10)27-6-7-28-17)29-15-12(18)8-11(30(19,24)25)9-13(15)20(22)23/h8-10,14H,2-7H2,1H3,(H2,19,24,25)/t14-/m0/s1. The average molecular weight is 525 g/mol. The second-order valence-corrected chi connectivity index (χ2v) is 10.6. The molecule has 2 aliphatic rings. The quantitative estimate of drug-likeness (QED) is 0.256. The van der Waals surface area contributed by atoms with Crippen molar-refractivity contribution in [3.63, 3.8) is 0 Å². The molecule has 3 rings (SSSR count). The highest BCUT2D eigenvalue weighted by atomic mass is 79.9. The summed E-state index contributed by atoms with van der Waals surface area (Å²) in [5, 5.41) is 16.0. The topological polar surface area (TPSA) is 148 Å². The summed E-state index contributed by atoms with van der Waals surface area (Å²) in [7, 11) is -2.88. The number of primary sulfonamides is 1. The van der Waals surface area contributed by atoms with E-state index in [1.165, 1.54) is 13.2 Å². The molecule has 1 saturated heterocycles. The number of hydrogen-bond donors (Lipinski definition) is 1. The first-order valence-electron chi connectivity index (χ1n) is 9.09. The van der Waals surface area contributed by atoms with E-state index in [-0.39, 0.29) is 15.3 Å². The molecule has 1 aromatic rings. The number of ether oxygens (including phenoxy) is 3. The Labute approximate surface area is 186 Å². The fourth-order valence-corrected chi connectivity index (χ4v) is 6.50. The summed E-state index contributed by atoms with van der Waals surface area (Å²) < 4.78 is 39.8. The molecule has 1 spiro atoms. The van der Waals surface area contributed by atoms with Crippen LogP contribution in [0.2, 0.25) is 0 Å². The van der Waals surface area contributed by atoms with Crippen LogP contribution in [-0.2, 0) is 29.0 Å². The van der Waals surface area contributed by atoms with Gasteiger partial charge >= 0.3 is 5.97 Å². The third-order valence-electron chi connectivity index (χ3n) is 5.23. The Kier molecular flexibility index (Phi) is 7.09. The number of methoxy groups -OCH3 is 1. The SMILES string of the molecule is COC(=O)[C@@H](Sc1c(Br)cc(S(N)(=O)=O)cc1[N+](=O)[O-])C1CCC2(CC1)OCCO2. The van der Waals surface area contributed by atoms with Gasteiger partial charge in [-0.2, -0.15) is 0 Å². The predicted molar refractivity (Wildman–Crippen MR) is 110 cm³/mol. The van der Waals surface area contributed by atoms with Crippen molar-refractivity contribution in [2.75, 3.05) is 20.3 Å². The van der Waals surface area contributed by atoms with E-state index >= 15 is 0 Å². The number of nitro groups is 1. The van der Waals surface area contributed by atoms with Gasteiger partial charge in [0.25, 0.3) is 5.69 Å². The van der Waals surface area contributed by atoms with Crippen molar-refractivity contribution >= 4 is 49.4 Å². The maximum atomic E-state index is 12.5. The minimum atomic E-state index is -4.14. The van der Waals surface area contributed by atoms with E-state index in [9.17, 15) is 23.3 Å². The fraction of sp³-hybridized carbons (Fsp3) is 0.588. The molecule has 2 fully saturated rings. The second-order valence-electron chi connectivity index (χ2n) is 7.06. The third kappa shape index (κ3) is 4.97.